The molecule has 1 aliphatic rings. The molecule has 0 spiro atoms. The number of carbonyl (C=O) groups is 1. The molecule has 1 aliphatic heterocycles. The second-order valence-corrected chi connectivity index (χ2v) is 5.65. The second-order valence-electron chi connectivity index (χ2n) is 5.65. The van der Waals surface area contributed by atoms with E-state index in [9.17, 15) is 4.79 Å². The lowest BCUT2D eigenvalue weighted by Crippen LogP contribution is -2.44. The van der Waals surface area contributed by atoms with E-state index in [0.717, 1.165) is 31.7 Å². The van der Waals surface area contributed by atoms with Crippen LogP contribution in [0.2, 0.25) is 0 Å². The molecular formula is C17H25NO2. The molecule has 1 aromatic carbocycles. The minimum Gasteiger partial charge on any atom is -0.481 e. The maximum absolute atomic E-state index is 12.5. The van der Waals surface area contributed by atoms with E-state index in [1.807, 2.05) is 30.0 Å². The van der Waals surface area contributed by atoms with E-state index in [2.05, 4.69) is 13.8 Å². The summed E-state index contributed by atoms with van der Waals surface area (Å²) in [5, 5.41) is 0. The third kappa shape index (κ3) is 3.53. The van der Waals surface area contributed by atoms with Crippen LogP contribution in [-0.4, -0.2) is 30.0 Å². The molecule has 1 unspecified atom stereocenters. The molecule has 110 valence electrons. The lowest BCUT2D eigenvalue weighted by atomic mass is 10.1. The van der Waals surface area contributed by atoms with Crippen molar-refractivity contribution in [1.82, 2.24) is 4.90 Å². The first kappa shape index (κ1) is 14.9. The fourth-order valence-corrected chi connectivity index (χ4v) is 2.58. The molecule has 1 fully saturated rings. The van der Waals surface area contributed by atoms with Gasteiger partial charge in [0.1, 0.15) is 5.75 Å². The van der Waals surface area contributed by atoms with Crippen molar-refractivity contribution < 1.29 is 9.53 Å². The molecule has 0 aromatic heterocycles. The number of hydrogen-bond donors (Lipinski definition) is 0. The zero-order valence-corrected chi connectivity index (χ0v) is 12.8. The Hall–Kier alpha value is -1.51. The van der Waals surface area contributed by atoms with Gasteiger partial charge in [-0.3, -0.25) is 4.79 Å². The van der Waals surface area contributed by atoms with Gasteiger partial charge < -0.3 is 9.64 Å². The molecule has 1 amide bonds. The summed E-state index contributed by atoms with van der Waals surface area (Å²) in [6.07, 6.45) is 3.83. The highest BCUT2D eigenvalue weighted by Gasteiger charge is 2.25. The molecule has 1 aromatic rings. The zero-order valence-electron chi connectivity index (χ0n) is 12.8. The van der Waals surface area contributed by atoms with Gasteiger partial charge in [0.25, 0.3) is 5.91 Å². The predicted octanol–water partition coefficient (Wildman–Crippen LogP) is 3.47. The van der Waals surface area contributed by atoms with Gasteiger partial charge in [0.15, 0.2) is 6.10 Å². The quantitative estimate of drug-likeness (QED) is 0.842. The van der Waals surface area contributed by atoms with Crippen molar-refractivity contribution in [3.63, 3.8) is 0 Å². The summed E-state index contributed by atoms with van der Waals surface area (Å²) < 4.78 is 5.92. The van der Waals surface area contributed by atoms with Gasteiger partial charge in [0.2, 0.25) is 0 Å². The van der Waals surface area contributed by atoms with Crippen LogP contribution in [0.1, 0.15) is 43.7 Å². The van der Waals surface area contributed by atoms with Crippen LogP contribution >= 0.6 is 0 Å². The van der Waals surface area contributed by atoms with Gasteiger partial charge in [-0.15, -0.1) is 0 Å². The summed E-state index contributed by atoms with van der Waals surface area (Å²) in [4.78, 5) is 14.4. The van der Waals surface area contributed by atoms with E-state index in [1.54, 1.807) is 0 Å². The smallest absolute Gasteiger partial charge is 0.263 e. The number of ether oxygens (including phenoxy) is 1. The highest BCUT2D eigenvalue weighted by molar-refractivity contribution is 5.81. The molecule has 1 heterocycles. The molecule has 0 radical (unpaired) electrons. The van der Waals surface area contributed by atoms with Gasteiger partial charge in [-0.05, 0) is 62.8 Å². The van der Waals surface area contributed by atoms with Crippen molar-refractivity contribution in [3.8, 4) is 5.75 Å². The van der Waals surface area contributed by atoms with E-state index in [4.69, 9.17) is 4.74 Å². The van der Waals surface area contributed by atoms with Crippen molar-refractivity contribution >= 4 is 5.91 Å². The molecular weight excluding hydrogens is 250 g/mol. The summed E-state index contributed by atoms with van der Waals surface area (Å²) in [7, 11) is 0. The molecule has 20 heavy (non-hydrogen) atoms. The summed E-state index contributed by atoms with van der Waals surface area (Å²) >= 11 is 0. The minimum atomic E-state index is -0.352. The maximum Gasteiger partial charge on any atom is 0.263 e. The van der Waals surface area contributed by atoms with Gasteiger partial charge in [-0.25, -0.2) is 0 Å². The average Bonchev–Trinajstić information content (AvgIpc) is 2.48. The fourth-order valence-electron chi connectivity index (χ4n) is 2.58. The Morgan fingerprint density at radius 1 is 1.20 bits per heavy atom. The number of benzene rings is 1. The number of carbonyl (C=O) groups excluding carboxylic acids is 1. The normalized spacial score (nSPS) is 16.9. The number of piperidine rings is 1. The van der Waals surface area contributed by atoms with Crippen LogP contribution < -0.4 is 4.74 Å². The van der Waals surface area contributed by atoms with Crippen molar-refractivity contribution in [2.45, 2.75) is 52.6 Å². The Labute approximate surface area is 121 Å². The predicted molar refractivity (Wildman–Crippen MR) is 81.1 cm³/mol. The summed E-state index contributed by atoms with van der Waals surface area (Å²) in [6, 6.07) is 6.01. The van der Waals surface area contributed by atoms with Crippen molar-refractivity contribution in [2.75, 3.05) is 13.1 Å². The Morgan fingerprint density at radius 2 is 1.90 bits per heavy atom. The van der Waals surface area contributed by atoms with E-state index in [0.29, 0.717) is 6.42 Å². The standard InChI is InChI=1S/C17H25NO2/c1-4-16(17(19)18-10-6-5-7-11-18)20-15-9-8-13(2)14(3)12-15/h8-9,12,16H,4-7,10-11H2,1-3H3. The maximum atomic E-state index is 12.5. The van der Waals surface area contributed by atoms with E-state index >= 15 is 0 Å². The lowest BCUT2D eigenvalue weighted by molar-refractivity contribution is -0.139. The highest BCUT2D eigenvalue weighted by Crippen LogP contribution is 2.20. The molecule has 1 saturated heterocycles. The topological polar surface area (TPSA) is 29.5 Å². The molecule has 3 nitrogen and oxygen atoms in total. The molecule has 0 N–H and O–H groups in total. The Balaban J connectivity index is 2.03. The first-order valence-electron chi connectivity index (χ1n) is 7.64. The number of nitrogens with zero attached hydrogens (tertiary/aromatic N) is 1. The number of hydrogen-bond acceptors (Lipinski definition) is 2. The van der Waals surface area contributed by atoms with Crippen LogP contribution in [-0.2, 0) is 4.79 Å². The van der Waals surface area contributed by atoms with Crippen LogP contribution in [0, 0.1) is 13.8 Å². The monoisotopic (exact) mass is 275 g/mol. The number of amides is 1. The summed E-state index contributed by atoms with van der Waals surface area (Å²) in [5.74, 6) is 0.940. The number of rotatable bonds is 4. The largest absolute Gasteiger partial charge is 0.481 e. The van der Waals surface area contributed by atoms with E-state index in [-0.39, 0.29) is 12.0 Å². The Kier molecular flexibility index (Phi) is 5.05. The Bertz CT molecular complexity index is 464. The molecule has 3 heteroatoms. The second kappa shape index (κ2) is 6.78. The van der Waals surface area contributed by atoms with Gasteiger partial charge in [-0.1, -0.05) is 13.0 Å². The molecule has 2 rings (SSSR count). The Morgan fingerprint density at radius 3 is 2.50 bits per heavy atom. The minimum absolute atomic E-state index is 0.144. The fraction of sp³-hybridized carbons (Fsp3) is 0.588. The average molecular weight is 275 g/mol. The van der Waals surface area contributed by atoms with E-state index in [1.165, 1.54) is 17.5 Å². The summed E-state index contributed by atoms with van der Waals surface area (Å²) in [5.41, 5.74) is 2.44. The third-order valence-corrected chi connectivity index (χ3v) is 4.07. The number of aryl methyl sites for hydroxylation is 2. The van der Waals surface area contributed by atoms with Crippen LogP contribution in [0.3, 0.4) is 0 Å². The van der Waals surface area contributed by atoms with Gasteiger partial charge in [0.05, 0.1) is 0 Å². The number of likely N-dealkylation sites (tertiary alicyclic amines) is 1. The van der Waals surface area contributed by atoms with Crippen LogP contribution in [0.15, 0.2) is 18.2 Å². The molecule has 0 aliphatic carbocycles. The van der Waals surface area contributed by atoms with Crippen LogP contribution in [0.5, 0.6) is 5.75 Å². The third-order valence-electron chi connectivity index (χ3n) is 4.07. The van der Waals surface area contributed by atoms with Gasteiger partial charge in [-0.2, -0.15) is 0 Å². The highest BCUT2D eigenvalue weighted by atomic mass is 16.5. The van der Waals surface area contributed by atoms with E-state index < -0.39 is 0 Å². The van der Waals surface area contributed by atoms with Gasteiger partial charge in [0, 0.05) is 13.1 Å². The van der Waals surface area contributed by atoms with Crippen LogP contribution in [0.4, 0.5) is 0 Å². The van der Waals surface area contributed by atoms with Crippen molar-refractivity contribution in [3.05, 3.63) is 29.3 Å². The molecule has 0 bridgehead atoms. The van der Waals surface area contributed by atoms with Gasteiger partial charge >= 0.3 is 0 Å². The van der Waals surface area contributed by atoms with Crippen LogP contribution in [0.25, 0.3) is 0 Å². The molecule has 0 saturated carbocycles. The lowest BCUT2D eigenvalue weighted by Gasteiger charge is -2.30. The van der Waals surface area contributed by atoms with Crippen molar-refractivity contribution in [2.24, 2.45) is 0 Å². The first-order valence-corrected chi connectivity index (χ1v) is 7.64. The SMILES string of the molecule is CCC(Oc1ccc(C)c(C)c1)C(=O)N1CCCCC1. The summed E-state index contributed by atoms with van der Waals surface area (Å²) in [6.45, 7) is 7.91. The zero-order chi connectivity index (χ0) is 14.5. The molecule has 1 atom stereocenters. The van der Waals surface area contributed by atoms with Crippen molar-refractivity contribution in [1.29, 1.82) is 0 Å². The first-order chi connectivity index (χ1) is 9.61.